The highest BCUT2D eigenvalue weighted by Crippen LogP contribution is 2.19. The van der Waals surface area contributed by atoms with Crippen molar-refractivity contribution in [1.29, 1.82) is 0 Å². The number of halogens is 1. The van der Waals surface area contributed by atoms with Crippen LogP contribution in [0.3, 0.4) is 0 Å². The molecule has 0 saturated heterocycles. The molecule has 0 aliphatic carbocycles. The van der Waals surface area contributed by atoms with Gasteiger partial charge in [-0.2, -0.15) is 0 Å². The molecule has 0 aliphatic rings. The summed E-state index contributed by atoms with van der Waals surface area (Å²) in [7, 11) is 0. The summed E-state index contributed by atoms with van der Waals surface area (Å²) >= 11 is 5.92. The van der Waals surface area contributed by atoms with Crippen LogP contribution in [0.15, 0.2) is 66.7 Å². The number of rotatable bonds is 10. The first-order chi connectivity index (χ1) is 15.6. The summed E-state index contributed by atoms with van der Waals surface area (Å²) in [6, 6.07) is 22.3. The molecule has 0 aromatic heterocycles. The Balaban J connectivity index is 1.40. The molecule has 3 nitrogen and oxygen atoms in total. The largest absolute Gasteiger partial charge is 0.492 e. The highest BCUT2D eigenvalue weighted by Gasteiger charge is 2.01. The maximum absolute atomic E-state index is 5.95. The topological polar surface area (TPSA) is 33.3 Å². The minimum absolute atomic E-state index is 0.621. The molecular weight excluding hydrogens is 416 g/mol. The zero-order chi connectivity index (χ0) is 22.6. The Kier molecular flexibility index (Phi) is 9.65. The number of hydrogen-bond acceptors (Lipinski definition) is 3. The number of aryl methyl sites for hydroxylation is 1. The molecule has 0 heterocycles. The van der Waals surface area contributed by atoms with E-state index in [1.54, 1.807) is 0 Å². The fourth-order valence-corrected chi connectivity index (χ4v) is 3.34. The first kappa shape index (κ1) is 23.9. The van der Waals surface area contributed by atoms with Gasteiger partial charge in [0.1, 0.15) is 12.4 Å². The lowest BCUT2D eigenvalue weighted by Gasteiger charge is -2.11. The van der Waals surface area contributed by atoms with Gasteiger partial charge in [0.05, 0.1) is 0 Å². The van der Waals surface area contributed by atoms with E-state index < -0.39 is 0 Å². The van der Waals surface area contributed by atoms with Crippen LogP contribution in [-0.4, -0.2) is 19.7 Å². The standard InChI is InChI=1S/C28H31ClN2O/c1-3-16-30-20-25-6-8-26(9-7-25)21-31-17-18-32-28-15-12-24(19-22(28)2)5-4-23-10-13-27(29)14-11-23/h6-15,19,30-31H,3,16-18,20-21H2,1-2H3. The van der Waals surface area contributed by atoms with Gasteiger partial charge in [-0.1, -0.05) is 54.6 Å². The Morgan fingerprint density at radius 1 is 0.781 bits per heavy atom. The molecule has 3 rings (SSSR count). The molecule has 0 aliphatic heterocycles. The average Bonchev–Trinajstić information content (AvgIpc) is 2.81. The second-order valence-electron chi connectivity index (χ2n) is 7.76. The van der Waals surface area contributed by atoms with Gasteiger partial charge in [0.2, 0.25) is 0 Å². The van der Waals surface area contributed by atoms with Crippen LogP contribution in [0.25, 0.3) is 0 Å². The second kappa shape index (κ2) is 12.9. The minimum Gasteiger partial charge on any atom is -0.492 e. The summed E-state index contributed by atoms with van der Waals surface area (Å²) in [5.41, 5.74) is 5.60. The van der Waals surface area contributed by atoms with Crippen LogP contribution in [0.5, 0.6) is 5.75 Å². The summed E-state index contributed by atoms with van der Waals surface area (Å²) in [5.74, 6) is 7.26. The van der Waals surface area contributed by atoms with E-state index in [9.17, 15) is 0 Å². The molecule has 0 saturated carbocycles. The molecule has 2 N–H and O–H groups in total. The lowest BCUT2D eigenvalue weighted by molar-refractivity contribution is 0.311. The predicted octanol–water partition coefficient (Wildman–Crippen LogP) is 5.72. The van der Waals surface area contributed by atoms with E-state index in [0.29, 0.717) is 6.61 Å². The van der Waals surface area contributed by atoms with Crippen molar-refractivity contribution in [1.82, 2.24) is 10.6 Å². The first-order valence-electron chi connectivity index (χ1n) is 11.1. The SMILES string of the molecule is CCCNCc1ccc(CNCCOc2ccc(C#Cc3ccc(Cl)cc3)cc2C)cc1. The molecule has 0 bridgehead atoms. The van der Waals surface area contributed by atoms with Gasteiger partial charge in [-0.05, 0) is 79.0 Å². The van der Waals surface area contributed by atoms with E-state index in [1.807, 2.05) is 43.3 Å². The molecule has 3 aromatic carbocycles. The van der Waals surface area contributed by atoms with Crippen molar-refractivity contribution >= 4 is 11.6 Å². The van der Waals surface area contributed by atoms with Crippen LogP contribution in [0.2, 0.25) is 5.02 Å². The van der Waals surface area contributed by atoms with Crippen molar-refractivity contribution < 1.29 is 4.74 Å². The van der Waals surface area contributed by atoms with Gasteiger partial charge < -0.3 is 15.4 Å². The maximum Gasteiger partial charge on any atom is 0.122 e. The first-order valence-corrected chi connectivity index (χ1v) is 11.5. The van der Waals surface area contributed by atoms with Crippen LogP contribution in [0.4, 0.5) is 0 Å². The third-order valence-corrected chi connectivity index (χ3v) is 5.27. The molecule has 3 aromatic rings. The quantitative estimate of drug-likeness (QED) is 0.309. The van der Waals surface area contributed by atoms with Crippen molar-refractivity contribution in [2.75, 3.05) is 19.7 Å². The molecule has 0 fully saturated rings. The van der Waals surface area contributed by atoms with Gasteiger partial charge >= 0.3 is 0 Å². The molecule has 0 spiro atoms. The van der Waals surface area contributed by atoms with Crippen molar-refractivity contribution in [3.05, 3.63) is 99.6 Å². The molecular formula is C28H31ClN2O. The number of ether oxygens (including phenoxy) is 1. The van der Waals surface area contributed by atoms with Crippen molar-refractivity contribution in [2.24, 2.45) is 0 Å². The van der Waals surface area contributed by atoms with Crippen molar-refractivity contribution in [2.45, 2.75) is 33.4 Å². The summed E-state index contributed by atoms with van der Waals surface area (Å²) in [4.78, 5) is 0. The zero-order valence-electron chi connectivity index (χ0n) is 18.9. The van der Waals surface area contributed by atoms with Gasteiger partial charge in [0.15, 0.2) is 0 Å². The van der Waals surface area contributed by atoms with Crippen molar-refractivity contribution in [3.63, 3.8) is 0 Å². The van der Waals surface area contributed by atoms with Crippen LogP contribution >= 0.6 is 11.6 Å². The van der Waals surface area contributed by atoms with Gasteiger partial charge in [-0.25, -0.2) is 0 Å². The van der Waals surface area contributed by atoms with E-state index in [2.05, 4.69) is 59.7 Å². The third-order valence-electron chi connectivity index (χ3n) is 5.01. The van der Waals surface area contributed by atoms with Crippen LogP contribution in [-0.2, 0) is 13.1 Å². The highest BCUT2D eigenvalue weighted by atomic mass is 35.5. The molecule has 4 heteroatoms. The Hall–Kier alpha value is -2.77. The average molecular weight is 447 g/mol. The smallest absolute Gasteiger partial charge is 0.122 e. The summed E-state index contributed by atoms with van der Waals surface area (Å²) in [5, 5.41) is 7.59. The lowest BCUT2D eigenvalue weighted by Crippen LogP contribution is -2.20. The molecule has 0 atom stereocenters. The Bertz CT molecular complexity index is 1030. The zero-order valence-corrected chi connectivity index (χ0v) is 19.6. The maximum atomic E-state index is 5.95. The minimum atomic E-state index is 0.621. The molecule has 0 unspecified atom stereocenters. The summed E-state index contributed by atoms with van der Waals surface area (Å²) in [6.45, 7) is 8.47. The van der Waals surface area contributed by atoms with E-state index >= 15 is 0 Å². The van der Waals surface area contributed by atoms with Gasteiger partial charge in [-0.3, -0.25) is 0 Å². The Labute approximate surface area is 197 Å². The normalized spacial score (nSPS) is 10.5. The van der Waals surface area contributed by atoms with E-state index in [-0.39, 0.29) is 0 Å². The predicted molar refractivity (Wildman–Crippen MR) is 134 cm³/mol. The van der Waals surface area contributed by atoms with Crippen LogP contribution in [0, 0.1) is 18.8 Å². The molecule has 0 amide bonds. The van der Waals surface area contributed by atoms with Crippen molar-refractivity contribution in [3.8, 4) is 17.6 Å². The fraction of sp³-hybridized carbons (Fsp3) is 0.286. The van der Waals surface area contributed by atoms with Crippen LogP contribution < -0.4 is 15.4 Å². The Morgan fingerprint density at radius 2 is 1.38 bits per heavy atom. The van der Waals surface area contributed by atoms with Gasteiger partial charge in [0, 0.05) is 35.8 Å². The number of nitrogens with one attached hydrogen (secondary N) is 2. The van der Waals surface area contributed by atoms with Crippen LogP contribution in [0.1, 0.15) is 41.2 Å². The highest BCUT2D eigenvalue weighted by molar-refractivity contribution is 6.30. The monoisotopic (exact) mass is 446 g/mol. The summed E-state index contributed by atoms with van der Waals surface area (Å²) < 4.78 is 5.95. The van der Waals surface area contributed by atoms with Gasteiger partial charge in [-0.15, -0.1) is 0 Å². The number of benzene rings is 3. The molecule has 0 radical (unpaired) electrons. The van der Waals surface area contributed by atoms with E-state index in [1.165, 1.54) is 11.1 Å². The van der Waals surface area contributed by atoms with E-state index in [4.69, 9.17) is 16.3 Å². The Morgan fingerprint density at radius 3 is 2.00 bits per heavy atom. The second-order valence-corrected chi connectivity index (χ2v) is 8.19. The van der Waals surface area contributed by atoms with E-state index in [0.717, 1.165) is 60.1 Å². The lowest BCUT2D eigenvalue weighted by atomic mass is 10.1. The van der Waals surface area contributed by atoms with Gasteiger partial charge in [0.25, 0.3) is 0 Å². The summed E-state index contributed by atoms with van der Waals surface area (Å²) in [6.07, 6.45) is 1.16. The third kappa shape index (κ3) is 8.05. The number of hydrogen-bond donors (Lipinski definition) is 2. The molecule has 166 valence electrons. The molecule has 32 heavy (non-hydrogen) atoms. The fourth-order valence-electron chi connectivity index (χ4n) is 3.22.